The zero-order valence-electron chi connectivity index (χ0n) is 13.8. The van der Waals surface area contributed by atoms with E-state index in [2.05, 4.69) is 15.4 Å². The van der Waals surface area contributed by atoms with Crippen molar-refractivity contribution in [3.8, 4) is 0 Å². The molecule has 0 fully saturated rings. The topological polar surface area (TPSA) is 50.4 Å². The van der Waals surface area contributed by atoms with Gasteiger partial charge >= 0.3 is 12.2 Å². The summed E-state index contributed by atoms with van der Waals surface area (Å²) < 4.78 is 54.0. The van der Waals surface area contributed by atoms with Crippen LogP contribution in [0.4, 0.5) is 22.4 Å². The van der Waals surface area contributed by atoms with Crippen LogP contribution in [0.2, 0.25) is 0 Å². The first-order valence-corrected chi connectivity index (χ1v) is 7.81. The Bertz CT molecular complexity index is 718. The van der Waals surface area contributed by atoms with Crippen LogP contribution in [0.15, 0.2) is 48.5 Å². The fraction of sp³-hybridized carbons (Fsp3) is 0.278. The van der Waals surface area contributed by atoms with E-state index < -0.39 is 24.6 Å². The number of carbonyl (C=O) groups excluding carboxylic acids is 1. The van der Waals surface area contributed by atoms with E-state index in [0.717, 1.165) is 5.56 Å². The van der Waals surface area contributed by atoms with Gasteiger partial charge in [-0.15, -0.1) is 0 Å². The van der Waals surface area contributed by atoms with Crippen LogP contribution in [-0.2, 0) is 24.4 Å². The fourth-order valence-corrected chi connectivity index (χ4v) is 2.10. The number of alkyl halides is 3. The van der Waals surface area contributed by atoms with Gasteiger partial charge in [0.25, 0.3) is 0 Å². The smallest absolute Gasteiger partial charge is 0.367 e. The van der Waals surface area contributed by atoms with Crippen molar-refractivity contribution in [3.63, 3.8) is 0 Å². The summed E-state index contributed by atoms with van der Waals surface area (Å²) in [6.07, 6.45) is -4.35. The lowest BCUT2D eigenvalue weighted by Gasteiger charge is -2.10. The van der Waals surface area contributed by atoms with Gasteiger partial charge in [0.1, 0.15) is 12.4 Å². The molecule has 0 atom stereocenters. The first kappa shape index (κ1) is 19.7. The molecule has 2 rings (SSSR count). The minimum atomic E-state index is -4.35. The molecule has 26 heavy (non-hydrogen) atoms. The monoisotopic (exact) mass is 370 g/mol. The molecule has 0 bridgehead atoms. The number of nitrogens with one attached hydrogen (secondary N) is 2. The Morgan fingerprint density at radius 3 is 2.19 bits per heavy atom. The Balaban J connectivity index is 1.72. The van der Waals surface area contributed by atoms with Crippen LogP contribution < -0.4 is 10.6 Å². The van der Waals surface area contributed by atoms with Gasteiger partial charge in [-0.1, -0.05) is 42.5 Å². The summed E-state index contributed by atoms with van der Waals surface area (Å²) in [4.78, 5) is 11.7. The molecule has 0 aromatic heterocycles. The zero-order chi connectivity index (χ0) is 19.0. The highest BCUT2D eigenvalue weighted by Gasteiger charge is 2.27. The van der Waals surface area contributed by atoms with Gasteiger partial charge in [0, 0.05) is 18.7 Å². The molecule has 2 N–H and O–H groups in total. The number of hydrogen-bond donors (Lipinski definition) is 2. The summed E-state index contributed by atoms with van der Waals surface area (Å²) >= 11 is 0. The molecule has 0 unspecified atom stereocenters. The van der Waals surface area contributed by atoms with Gasteiger partial charge in [0.05, 0.1) is 6.61 Å². The maximum atomic E-state index is 13.4. The number of rotatable bonds is 7. The zero-order valence-corrected chi connectivity index (χ0v) is 13.8. The molecule has 0 radical (unpaired) electrons. The Morgan fingerprint density at radius 1 is 0.923 bits per heavy atom. The number of urea groups is 1. The van der Waals surface area contributed by atoms with Crippen LogP contribution in [0.25, 0.3) is 0 Å². The lowest BCUT2D eigenvalue weighted by atomic mass is 10.1. The molecule has 8 heteroatoms. The lowest BCUT2D eigenvalue weighted by molar-refractivity contribution is -0.176. The second-order valence-corrected chi connectivity index (χ2v) is 5.55. The third kappa shape index (κ3) is 7.10. The normalized spacial score (nSPS) is 11.2. The number of ether oxygens (including phenoxy) is 1. The van der Waals surface area contributed by atoms with Crippen molar-refractivity contribution in [2.45, 2.75) is 25.9 Å². The van der Waals surface area contributed by atoms with Crippen molar-refractivity contribution >= 4 is 6.03 Å². The van der Waals surface area contributed by atoms with Gasteiger partial charge in [0.2, 0.25) is 0 Å². The molecule has 2 amide bonds. The van der Waals surface area contributed by atoms with E-state index in [1.165, 1.54) is 6.07 Å². The molecule has 140 valence electrons. The van der Waals surface area contributed by atoms with E-state index in [9.17, 15) is 22.4 Å². The van der Waals surface area contributed by atoms with Crippen molar-refractivity contribution in [2.75, 3.05) is 6.61 Å². The minimum Gasteiger partial charge on any atom is -0.367 e. The second-order valence-electron chi connectivity index (χ2n) is 5.55. The fourth-order valence-electron chi connectivity index (χ4n) is 2.10. The Hall–Kier alpha value is -2.61. The quantitative estimate of drug-likeness (QED) is 0.727. The van der Waals surface area contributed by atoms with Gasteiger partial charge in [0.15, 0.2) is 0 Å². The maximum Gasteiger partial charge on any atom is 0.411 e. The van der Waals surface area contributed by atoms with Crippen molar-refractivity contribution in [1.29, 1.82) is 0 Å². The summed E-state index contributed by atoms with van der Waals surface area (Å²) in [6, 6.07) is 12.3. The number of hydrogen-bond acceptors (Lipinski definition) is 2. The number of benzene rings is 2. The Kier molecular flexibility index (Phi) is 6.97. The van der Waals surface area contributed by atoms with Gasteiger partial charge in [-0.3, -0.25) is 0 Å². The molecule has 0 spiro atoms. The first-order valence-electron chi connectivity index (χ1n) is 7.81. The maximum absolute atomic E-state index is 13.4. The average Bonchev–Trinajstić information content (AvgIpc) is 2.59. The highest BCUT2D eigenvalue weighted by molar-refractivity contribution is 5.73. The predicted molar refractivity (Wildman–Crippen MR) is 87.6 cm³/mol. The van der Waals surface area contributed by atoms with E-state index in [1.54, 1.807) is 42.5 Å². The molecular formula is C18H18F4N2O2. The summed E-state index contributed by atoms with van der Waals surface area (Å²) in [7, 11) is 0. The largest absolute Gasteiger partial charge is 0.411 e. The van der Waals surface area contributed by atoms with Crippen LogP contribution in [0.5, 0.6) is 0 Å². The number of carbonyl (C=O) groups is 1. The highest BCUT2D eigenvalue weighted by Crippen LogP contribution is 2.15. The summed E-state index contributed by atoms with van der Waals surface area (Å²) in [5.74, 6) is -0.392. The minimum absolute atomic E-state index is 0.0635. The average molecular weight is 370 g/mol. The molecule has 4 nitrogen and oxygen atoms in total. The summed E-state index contributed by atoms with van der Waals surface area (Å²) in [5.41, 5.74) is 1.75. The molecule has 2 aromatic carbocycles. The standard InChI is InChI=1S/C18H18F4N2O2/c19-16-4-2-1-3-15(16)10-24-17(25)23-9-13-5-7-14(8-6-13)11-26-12-18(20,21)22/h1-8H,9-12H2,(H2,23,24,25). The van der Waals surface area contributed by atoms with Crippen molar-refractivity contribution in [2.24, 2.45) is 0 Å². The van der Waals surface area contributed by atoms with Crippen LogP contribution in [0.1, 0.15) is 16.7 Å². The van der Waals surface area contributed by atoms with Crippen molar-refractivity contribution < 1.29 is 27.1 Å². The highest BCUT2D eigenvalue weighted by atomic mass is 19.4. The molecule has 0 heterocycles. The molecule has 0 aliphatic heterocycles. The molecule has 0 saturated carbocycles. The SMILES string of the molecule is O=C(NCc1ccc(COCC(F)(F)F)cc1)NCc1ccccc1F. The van der Waals surface area contributed by atoms with Gasteiger partial charge in [-0.25, -0.2) is 9.18 Å². The third-order valence-corrected chi connectivity index (χ3v) is 3.41. The number of halogens is 4. The van der Waals surface area contributed by atoms with Crippen LogP contribution in [-0.4, -0.2) is 18.8 Å². The molecule has 0 saturated heterocycles. The first-order chi connectivity index (χ1) is 12.3. The lowest BCUT2D eigenvalue weighted by Crippen LogP contribution is -2.34. The second kappa shape index (κ2) is 9.19. The predicted octanol–water partition coefficient (Wildman–Crippen LogP) is 3.90. The van der Waals surface area contributed by atoms with Crippen LogP contribution in [0, 0.1) is 5.82 Å². The Morgan fingerprint density at radius 2 is 1.54 bits per heavy atom. The number of amides is 2. The van der Waals surface area contributed by atoms with E-state index in [4.69, 9.17) is 0 Å². The molecular weight excluding hydrogens is 352 g/mol. The van der Waals surface area contributed by atoms with E-state index in [1.807, 2.05) is 0 Å². The molecule has 2 aromatic rings. The van der Waals surface area contributed by atoms with E-state index in [-0.39, 0.29) is 19.7 Å². The molecule has 0 aliphatic carbocycles. The van der Waals surface area contributed by atoms with E-state index in [0.29, 0.717) is 11.1 Å². The third-order valence-electron chi connectivity index (χ3n) is 3.41. The van der Waals surface area contributed by atoms with Crippen molar-refractivity contribution in [1.82, 2.24) is 10.6 Å². The van der Waals surface area contributed by atoms with Gasteiger partial charge in [-0.2, -0.15) is 13.2 Å². The van der Waals surface area contributed by atoms with Crippen LogP contribution in [0.3, 0.4) is 0 Å². The summed E-state index contributed by atoms with van der Waals surface area (Å²) in [6.45, 7) is -1.14. The van der Waals surface area contributed by atoms with E-state index >= 15 is 0 Å². The molecule has 0 aliphatic rings. The van der Waals surface area contributed by atoms with Gasteiger partial charge in [-0.05, 0) is 17.2 Å². The Labute approximate surface area is 148 Å². The van der Waals surface area contributed by atoms with Crippen molar-refractivity contribution in [3.05, 3.63) is 71.0 Å². The van der Waals surface area contributed by atoms with Gasteiger partial charge < -0.3 is 15.4 Å². The summed E-state index contributed by atoms with van der Waals surface area (Å²) in [5, 5.41) is 5.17. The van der Waals surface area contributed by atoms with Crippen LogP contribution >= 0.6 is 0 Å².